The van der Waals surface area contributed by atoms with Gasteiger partial charge in [0.05, 0.1) is 34.2 Å². The normalized spacial score (nSPS) is 20.6. The van der Waals surface area contributed by atoms with Gasteiger partial charge in [0.25, 0.3) is 0 Å². The number of aromatic nitrogens is 4. The highest BCUT2D eigenvalue weighted by Gasteiger charge is 2.34. The molecule has 0 amide bonds. The molecule has 186 valence electrons. The number of fused-ring (bicyclic) bond motifs is 1. The summed E-state index contributed by atoms with van der Waals surface area (Å²) in [6.45, 7) is 5.29. The molecule has 1 aromatic carbocycles. The Morgan fingerprint density at radius 2 is 1.97 bits per heavy atom. The highest BCUT2D eigenvalue weighted by Crippen LogP contribution is 2.37. The van der Waals surface area contributed by atoms with E-state index in [1.807, 2.05) is 0 Å². The monoisotopic (exact) mass is 507 g/mol. The topological polar surface area (TPSA) is 167 Å². The fourth-order valence-electron chi connectivity index (χ4n) is 4.35. The minimum atomic E-state index is -0.880. The van der Waals surface area contributed by atoms with Gasteiger partial charge in [0, 0.05) is 38.8 Å². The second-order valence-corrected chi connectivity index (χ2v) is 9.57. The maximum Gasteiger partial charge on any atom is 0.232 e. The number of nitrogens with two attached hydrogens (primary N) is 1. The van der Waals surface area contributed by atoms with Crippen molar-refractivity contribution >= 4 is 40.5 Å². The molecule has 12 nitrogen and oxygen atoms in total. The fraction of sp³-hybridized carbons (Fsp3) is 0.435. The first-order chi connectivity index (χ1) is 17.4. The Morgan fingerprint density at radius 1 is 1.22 bits per heavy atom. The summed E-state index contributed by atoms with van der Waals surface area (Å²) < 4.78 is 1.52. The van der Waals surface area contributed by atoms with E-state index in [1.54, 1.807) is 12.1 Å². The van der Waals surface area contributed by atoms with E-state index in [4.69, 9.17) is 17.3 Å². The van der Waals surface area contributed by atoms with Crippen molar-refractivity contribution in [1.29, 1.82) is 10.5 Å². The van der Waals surface area contributed by atoms with Crippen LogP contribution in [0.15, 0.2) is 18.3 Å². The molecule has 1 aliphatic carbocycles. The lowest BCUT2D eigenvalue weighted by Gasteiger charge is -2.37. The number of halogens is 1. The number of nitrogens with zero attached hydrogens (tertiary/aromatic N) is 8. The highest BCUT2D eigenvalue weighted by atomic mass is 35.5. The molecule has 2 aliphatic rings. The zero-order valence-corrected chi connectivity index (χ0v) is 20.4. The molecule has 1 saturated heterocycles. The Kier molecular flexibility index (Phi) is 6.51. The second-order valence-electron chi connectivity index (χ2n) is 9.19. The van der Waals surface area contributed by atoms with Gasteiger partial charge in [0.15, 0.2) is 5.65 Å². The van der Waals surface area contributed by atoms with Crippen LogP contribution in [-0.2, 0) is 0 Å². The van der Waals surface area contributed by atoms with Crippen molar-refractivity contribution < 1.29 is 5.11 Å². The first-order valence-electron chi connectivity index (χ1n) is 11.7. The van der Waals surface area contributed by atoms with Gasteiger partial charge >= 0.3 is 0 Å². The number of nitrogens with one attached hydrogen (secondary N) is 2. The summed E-state index contributed by atoms with van der Waals surface area (Å²) in [6.07, 6.45) is 1.60. The molecule has 3 heterocycles. The van der Waals surface area contributed by atoms with E-state index in [0.29, 0.717) is 72.1 Å². The third-order valence-electron chi connectivity index (χ3n) is 6.50. The first-order valence-corrected chi connectivity index (χ1v) is 12.1. The standard InChI is InChI=1S/C23H26ClN11O/c1-13-6-16(13)30-23-32-22(31-21-15(10-26)11-28-35(21)23)29-17-7-14(9-25)8-18(20(17)24)34-4-2-33(3-5-34)12-19(27)36/h7-8,11,13,16,19,36H,2-6,12,27H2,1H3,(H2,29,30,31,32)/t13-,16-,19?/m0/s1. The summed E-state index contributed by atoms with van der Waals surface area (Å²) in [6, 6.07) is 8.00. The number of aliphatic hydroxyl groups is 1. The van der Waals surface area contributed by atoms with Gasteiger partial charge in [-0.1, -0.05) is 18.5 Å². The van der Waals surface area contributed by atoms with E-state index < -0.39 is 6.23 Å². The van der Waals surface area contributed by atoms with Crippen molar-refractivity contribution in [2.45, 2.75) is 25.6 Å². The predicted molar refractivity (Wildman–Crippen MR) is 135 cm³/mol. The zero-order chi connectivity index (χ0) is 25.4. The summed E-state index contributed by atoms with van der Waals surface area (Å²) in [7, 11) is 0. The van der Waals surface area contributed by atoms with Crippen molar-refractivity contribution in [3.8, 4) is 12.1 Å². The fourth-order valence-corrected chi connectivity index (χ4v) is 4.62. The second kappa shape index (κ2) is 9.76. The van der Waals surface area contributed by atoms with Crippen molar-refractivity contribution in [2.24, 2.45) is 11.7 Å². The summed E-state index contributed by atoms with van der Waals surface area (Å²) in [4.78, 5) is 13.3. The van der Waals surface area contributed by atoms with Gasteiger partial charge in [0.2, 0.25) is 11.9 Å². The lowest BCUT2D eigenvalue weighted by molar-refractivity contribution is 0.114. The van der Waals surface area contributed by atoms with Crippen LogP contribution in [0, 0.1) is 28.6 Å². The van der Waals surface area contributed by atoms with E-state index in [-0.39, 0.29) is 12.0 Å². The Morgan fingerprint density at radius 3 is 2.61 bits per heavy atom. The van der Waals surface area contributed by atoms with Gasteiger partial charge in [-0.3, -0.25) is 4.90 Å². The number of piperazine rings is 1. The van der Waals surface area contributed by atoms with Crippen molar-refractivity contribution in [3.63, 3.8) is 0 Å². The lowest BCUT2D eigenvalue weighted by Crippen LogP contribution is -2.50. The molecule has 0 radical (unpaired) electrons. The molecule has 2 fully saturated rings. The van der Waals surface area contributed by atoms with Crippen LogP contribution in [0.5, 0.6) is 0 Å². The van der Waals surface area contributed by atoms with Crippen molar-refractivity contribution in [2.75, 3.05) is 48.3 Å². The van der Waals surface area contributed by atoms with Crippen LogP contribution in [-0.4, -0.2) is 74.6 Å². The van der Waals surface area contributed by atoms with Gasteiger partial charge < -0.3 is 26.4 Å². The molecule has 13 heteroatoms. The van der Waals surface area contributed by atoms with Crippen LogP contribution >= 0.6 is 11.6 Å². The molecule has 2 aromatic heterocycles. The number of hydrogen-bond acceptors (Lipinski definition) is 11. The number of aliphatic hydroxyl groups excluding tert-OH is 1. The van der Waals surface area contributed by atoms with Crippen molar-refractivity contribution in [3.05, 3.63) is 34.5 Å². The van der Waals surface area contributed by atoms with Gasteiger partial charge in [-0.05, 0) is 24.5 Å². The van der Waals surface area contributed by atoms with Gasteiger partial charge in [0.1, 0.15) is 17.9 Å². The largest absolute Gasteiger partial charge is 0.377 e. The smallest absolute Gasteiger partial charge is 0.232 e. The van der Waals surface area contributed by atoms with Gasteiger partial charge in [-0.25, -0.2) is 0 Å². The number of anilines is 4. The number of nitriles is 2. The number of benzene rings is 1. The van der Waals surface area contributed by atoms with Gasteiger partial charge in [-0.2, -0.15) is 30.1 Å². The maximum absolute atomic E-state index is 9.66. The predicted octanol–water partition coefficient (Wildman–Crippen LogP) is 1.48. The Hall–Kier alpha value is -3.68. The van der Waals surface area contributed by atoms with E-state index >= 15 is 0 Å². The molecular formula is C23H26ClN11O. The lowest BCUT2D eigenvalue weighted by atomic mass is 10.1. The number of hydrogen-bond donors (Lipinski definition) is 4. The third-order valence-corrected chi connectivity index (χ3v) is 6.90. The minimum Gasteiger partial charge on any atom is -0.377 e. The Labute approximate surface area is 212 Å². The molecule has 3 aromatic rings. The summed E-state index contributed by atoms with van der Waals surface area (Å²) >= 11 is 6.82. The molecule has 0 bridgehead atoms. The Balaban J connectivity index is 1.46. The van der Waals surface area contributed by atoms with Crippen molar-refractivity contribution in [1.82, 2.24) is 24.5 Å². The summed E-state index contributed by atoms with van der Waals surface area (Å²) in [5.41, 5.74) is 7.85. The van der Waals surface area contributed by atoms with Crippen LogP contribution in [0.2, 0.25) is 5.02 Å². The third kappa shape index (κ3) is 4.85. The number of β-amino-alcohol motifs (C(OH)–C–C–N with tert-alkyl or cyclic N) is 1. The SMILES string of the molecule is C[C@H]1C[C@@H]1Nc1nc(Nc2cc(C#N)cc(N3CCN(CC(N)O)CC3)c2Cl)nc2c(C#N)cnn12. The molecule has 5 N–H and O–H groups in total. The van der Waals surface area contributed by atoms with E-state index in [2.05, 4.69) is 54.6 Å². The van der Waals surface area contributed by atoms with Crippen LogP contribution in [0.3, 0.4) is 0 Å². The molecule has 0 spiro atoms. The summed E-state index contributed by atoms with van der Waals surface area (Å²) in [5, 5.41) is 39.8. The molecule has 36 heavy (non-hydrogen) atoms. The van der Waals surface area contributed by atoms with Gasteiger partial charge in [-0.15, -0.1) is 0 Å². The van der Waals surface area contributed by atoms with E-state index in [1.165, 1.54) is 10.7 Å². The quantitative estimate of drug-likeness (QED) is 0.342. The average Bonchev–Trinajstić information content (AvgIpc) is 3.38. The van der Waals surface area contributed by atoms with Crippen LogP contribution in [0.25, 0.3) is 5.65 Å². The molecule has 1 aliphatic heterocycles. The number of rotatable bonds is 7. The summed E-state index contributed by atoms with van der Waals surface area (Å²) in [5.74, 6) is 1.24. The first kappa shape index (κ1) is 24.0. The van der Waals surface area contributed by atoms with Crippen LogP contribution in [0.1, 0.15) is 24.5 Å². The average molecular weight is 508 g/mol. The molecule has 1 unspecified atom stereocenters. The maximum atomic E-state index is 9.66. The Bertz CT molecular complexity index is 1370. The molecule has 1 saturated carbocycles. The molecule has 5 rings (SSSR count). The van der Waals surface area contributed by atoms with E-state index in [9.17, 15) is 15.6 Å². The van der Waals surface area contributed by atoms with Crippen LogP contribution in [0.4, 0.5) is 23.3 Å². The zero-order valence-electron chi connectivity index (χ0n) is 19.7. The van der Waals surface area contributed by atoms with E-state index in [0.717, 1.165) is 12.1 Å². The molecular weight excluding hydrogens is 482 g/mol. The van der Waals surface area contributed by atoms with Crippen LogP contribution < -0.4 is 21.3 Å². The minimum absolute atomic E-state index is 0.236. The molecule has 3 atom stereocenters. The highest BCUT2D eigenvalue weighted by molar-refractivity contribution is 6.36.